The standard InChI is InChI=1S/C28H29BrN4O3/c1-7-16(2)26-31-24-12-11-21(29)14-23(24)27(34)33(26)30-15-20-13-17(3)32(19(20)5)25-10-8-9-22(18(25)4)28(35)36-6/h8-16H,7H2,1-6H3/t16-/m0/s1. The first kappa shape index (κ1) is 25.6. The second kappa shape index (κ2) is 10.2. The molecule has 2 aromatic carbocycles. The Morgan fingerprint density at radius 2 is 1.94 bits per heavy atom. The van der Waals surface area contributed by atoms with Crippen LogP contribution >= 0.6 is 15.9 Å². The molecule has 0 aliphatic carbocycles. The van der Waals surface area contributed by atoms with Gasteiger partial charge in [0.15, 0.2) is 0 Å². The SMILES string of the molecule is CC[C@H](C)c1nc2ccc(Br)cc2c(=O)n1N=Cc1cc(C)n(-c2cccc(C(=O)OC)c2C)c1C. The van der Waals surface area contributed by atoms with Crippen LogP contribution in [0.1, 0.15) is 64.9 Å². The van der Waals surface area contributed by atoms with Crippen molar-refractivity contribution in [2.75, 3.05) is 7.11 Å². The highest BCUT2D eigenvalue weighted by Gasteiger charge is 2.18. The van der Waals surface area contributed by atoms with Crippen LogP contribution < -0.4 is 5.56 Å². The molecule has 0 amide bonds. The number of hydrogen-bond donors (Lipinski definition) is 0. The fourth-order valence-electron chi connectivity index (χ4n) is 4.38. The maximum absolute atomic E-state index is 13.4. The number of carbonyl (C=O) groups is 1. The lowest BCUT2D eigenvalue weighted by Crippen LogP contribution is -2.23. The van der Waals surface area contributed by atoms with Crippen molar-refractivity contribution in [1.29, 1.82) is 0 Å². The minimum atomic E-state index is -0.369. The van der Waals surface area contributed by atoms with Crippen LogP contribution in [0.25, 0.3) is 16.6 Å². The molecular weight excluding hydrogens is 520 g/mol. The van der Waals surface area contributed by atoms with Crippen LogP contribution in [0.3, 0.4) is 0 Å². The summed E-state index contributed by atoms with van der Waals surface area (Å²) in [6, 6.07) is 13.1. The number of hydrogen-bond acceptors (Lipinski definition) is 5. The molecule has 8 heteroatoms. The third-order valence-corrected chi connectivity index (χ3v) is 7.11. The van der Waals surface area contributed by atoms with Gasteiger partial charge in [-0.3, -0.25) is 4.79 Å². The maximum atomic E-state index is 13.4. The number of aryl methyl sites for hydroxylation is 1. The third kappa shape index (κ3) is 4.53. The van der Waals surface area contributed by atoms with Gasteiger partial charge in [-0.1, -0.05) is 35.8 Å². The van der Waals surface area contributed by atoms with Crippen LogP contribution in [0.5, 0.6) is 0 Å². The second-order valence-corrected chi connectivity index (χ2v) is 9.82. The van der Waals surface area contributed by atoms with E-state index in [9.17, 15) is 9.59 Å². The van der Waals surface area contributed by atoms with E-state index >= 15 is 0 Å². The molecule has 0 spiro atoms. The van der Waals surface area contributed by atoms with Crippen molar-refractivity contribution in [3.8, 4) is 5.69 Å². The van der Waals surface area contributed by atoms with E-state index < -0.39 is 0 Å². The average molecular weight is 549 g/mol. The van der Waals surface area contributed by atoms with E-state index in [4.69, 9.17) is 9.72 Å². The normalized spacial score (nSPS) is 12.4. The Balaban J connectivity index is 1.84. The fraction of sp³-hybridized carbons (Fsp3) is 0.286. The van der Waals surface area contributed by atoms with E-state index in [1.54, 1.807) is 18.3 Å². The predicted molar refractivity (Wildman–Crippen MR) is 147 cm³/mol. The highest BCUT2D eigenvalue weighted by Crippen LogP contribution is 2.25. The number of ether oxygens (including phenoxy) is 1. The van der Waals surface area contributed by atoms with Gasteiger partial charge >= 0.3 is 5.97 Å². The molecule has 0 radical (unpaired) electrons. The van der Waals surface area contributed by atoms with E-state index in [1.165, 1.54) is 11.8 Å². The first-order valence-electron chi connectivity index (χ1n) is 11.8. The Bertz CT molecular complexity index is 1570. The molecule has 7 nitrogen and oxygen atoms in total. The lowest BCUT2D eigenvalue weighted by atomic mass is 10.1. The Morgan fingerprint density at radius 3 is 2.64 bits per heavy atom. The first-order valence-corrected chi connectivity index (χ1v) is 12.6. The molecule has 0 unspecified atom stereocenters. The molecule has 186 valence electrons. The number of rotatable bonds is 6. The second-order valence-electron chi connectivity index (χ2n) is 8.91. The smallest absolute Gasteiger partial charge is 0.338 e. The topological polar surface area (TPSA) is 78.5 Å². The van der Waals surface area contributed by atoms with E-state index in [0.717, 1.165) is 39.1 Å². The number of aromatic nitrogens is 3. The summed E-state index contributed by atoms with van der Waals surface area (Å²) in [4.78, 5) is 30.4. The molecule has 0 saturated carbocycles. The minimum absolute atomic E-state index is 0.0547. The van der Waals surface area contributed by atoms with Gasteiger partial charge in [-0.25, -0.2) is 9.78 Å². The zero-order valence-corrected chi connectivity index (χ0v) is 22.9. The zero-order chi connectivity index (χ0) is 26.1. The summed E-state index contributed by atoms with van der Waals surface area (Å²) < 4.78 is 9.25. The number of esters is 1. The van der Waals surface area contributed by atoms with Crippen molar-refractivity contribution in [3.63, 3.8) is 0 Å². The van der Waals surface area contributed by atoms with Crippen LogP contribution in [0.2, 0.25) is 0 Å². The molecule has 0 aliphatic heterocycles. The number of fused-ring (bicyclic) bond motifs is 1. The monoisotopic (exact) mass is 548 g/mol. The molecule has 4 rings (SSSR count). The quantitative estimate of drug-likeness (QED) is 0.217. The van der Waals surface area contributed by atoms with E-state index in [1.807, 2.05) is 58.0 Å². The summed E-state index contributed by atoms with van der Waals surface area (Å²) >= 11 is 3.45. The molecular formula is C28H29BrN4O3. The minimum Gasteiger partial charge on any atom is -0.465 e. The van der Waals surface area contributed by atoms with Crippen molar-refractivity contribution in [2.24, 2.45) is 5.10 Å². The maximum Gasteiger partial charge on any atom is 0.338 e. The van der Waals surface area contributed by atoms with Crippen LogP contribution in [-0.2, 0) is 4.74 Å². The molecule has 0 aliphatic rings. The Hall–Kier alpha value is -3.52. The molecule has 0 saturated heterocycles. The summed E-state index contributed by atoms with van der Waals surface area (Å²) in [6.07, 6.45) is 2.53. The zero-order valence-electron chi connectivity index (χ0n) is 21.3. The Labute approximate surface area is 218 Å². The Kier molecular flexibility index (Phi) is 7.26. The van der Waals surface area contributed by atoms with Crippen molar-refractivity contribution >= 4 is 39.0 Å². The van der Waals surface area contributed by atoms with Gasteiger partial charge in [0, 0.05) is 33.0 Å². The van der Waals surface area contributed by atoms with Gasteiger partial charge in [0.25, 0.3) is 5.56 Å². The third-order valence-electron chi connectivity index (χ3n) is 6.62. The summed E-state index contributed by atoms with van der Waals surface area (Å²) in [7, 11) is 1.38. The van der Waals surface area contributed by atoms with Gasteiger partial charge in [0.05, 0.1) is 29.8 Å². The van der Waals surface area contributed by atoms with Crippen molar-refractivity contribution in [3.05, 3.63) is 91.2 Å². The van der Waals surface area contributed by atoms with Crippen LogP contribution in [0.4, 0.5) is 0 Å². The number of benzene rings is 2. The van der Waals surface area contributed by atoms with Crippen LogP contribution in [0, 0.1) is 20.8 Å². The molecule has 0 bridgehead atoms. The van der Waals surface area contributed by atoms with Crippen LogP contribution in [-0.4, -0.2) is 33.5 Å². The lowest BCUT2D eigenvalue weighted by molar-refractivity contribution is 0.0600. The van der Waals surface area contributed by atoms with Gasteiger partial charge in [0.1, 0.15) is 5.82 Å². The van der Waals surface area contributed by atoms with Crippen molar-refractivity contribution < 1.29 is 9.53 Å². The van der Waals surface area contributed by atoms with Gasteiger partial charge in [-0.15, -0.1) is 0 Å². The van der Waals surface area contributed by atoms with E-state index in [0.29, 0.717) is 22.3 Å². The van der Waals surface area contributed by atoms with Gasteiger partial charge in [-0.2, -0.15) is 9.78 Å². The molecule has 0 fully saturated rings. The van der Waals surface area contributed by atoms with Crippen molar-refractivity contribution in [2.45, 2.75) is 47.0 Å². The molecule has 36 heavy (non-hydrogen) atoms. The summed E-state index contributed by atoms with van der Waals surface area (Å²) in [6.45, 7) is 10.0. The number of carbonyl (C=O) groups excluding carboxylic acids is 1. The van der Waals surface area contributed by atoms with Crippen LogP contribution in [0.15, 0.2) is 56.8 Å². The summed E-state index contributed by atoms with van der Waals surface area (Å²) in [5, 5.41) is 5.14. The highest BCUT2D eigenvalue weighted by molar-refractivity contribution is 9.10. The largest absolute Gasteiger partial charge is 0.465 e. The average Bonchev–Trinajstić information content (AvgIpc) is 3.15. The molecule has 4 aromatic rings. The van der Waals surface area contributed by atoms with Gasteiger partial charge in [0.2, 0.25) is 0 Å². The number of methoxy groups -OCH3 is 1. The summed E-state index contributed by atoms with van der Waals surface area (Å²) in [5.74, 6) is 0.314. The predicted octanol–water partition coefficient (Wildman–Crippen LogP) is 6.06. The van der Waals surface area contributed by atoms with E-state index in [2.05, 4.69) is 32.5 Å². The molecule has 2 aromatic heterocycles. The Morgan fingerprint density at radius 1 is 1.19 bits per heavy atom. The lowest BCUT2D eigenvalue weighted by Gasteiger charge is -2.15. The number of halogens is 1. The highest BCUT2D eigenvalue weighted by atomic mass is 79.9. The molecule has 0 N–H and O–H groups in total. The summed E-state index contributed by atoms with van der Waals surface area (Å²) in [5.41, 5.74) is 5.48. The van der Waals surface area contributed by atoms with E-state index in [-0.39, 0.29) is 17.4 Å². The molecule has 1 atom stereocenters. The molecule has 2 heterocycles. The fourth-order valence-corrected chi connectivity index (χ4v) is 4.75. The first-order chi connectivity index (χ1) is 17.2. The van der Waals surface area contributed by atoms with Crippen molar-refractivity contribution in [1.82, 2.24) is 14.2 Å². The van der Waals surface area contributed by atoms with Gasteiger partial charge < -0.3 is 9.30 Å². The van der Waals surface area contributed by atoms with Gasteiger partial charge in [-0.05, 0) is 69.2 Å². The number of nitrogens with zero attached hydrogens (tertiary/aromatic N) is 4.